The van der Waals surface area contributed by atoms with E-state index in [4.69, 9.17) is 28.8 Å². The Bertz CT molecular complexity index is 79.6. The van der Waals surface area contributed by atoms with E-state index in [1.807, 2.05) is 0 Å². The van der Waals surface area contributed by atoms with Crippen LogP contribution in [-0.4, -0.2) is 81.6 Å². The van der Waals surface area contributed by atoms with E-state index < -0.39 is 18.1 Å². The maximum Gasteiger partial charge on any atom is 0.665 e. The molecule has 7 nitrogen and oxygen atoms in total. The summed E-state index contributed by atoms with van der Waals surface area (Å²) in [4.78, 5) is 47.6. The smallest absolute Gasteiger partial charge is 0.368 e. The van der Waals surface area contributed by atoms with Gasteiger partial charge in [0.15, 0.2) is 0 Å². The minimum atomic E-state index is -4.98. The molecule has 0 aliphatic rings. The third-order valence-electron chi connectivity index (χ3n) is 0.274. The molecule has 0 aromatic rings. The van der Waals surface area contributed by atoms with Gasteiger partial charge >= 0.3 is 18.1 Å². The molecule has 0 unspecified atom stereocenters. The van der Waals surface area contributed by atoms with Crippen molar-refractivity contribution in [2.45, 2.75) is 0 Å². The highest BCUT2D eigenvalue weighted by Crippen LogP contribution is 1.95. The lowest BCUT2D eigenvalue weighted by Crippen LogP contribution is -2.53. The first-order valence-corrected chi connectivity index (χ1v) is 5.25. The molecule has 0 rings (SSSR count). The van der Waals surface area contributed by atoms with Gasteiger partial charge in [0.25, 0.3) is 0 Å². The Morgan fingerprint density at radius 3 is 0.818 bits per heavy atom. The Morgan fingerprint density at radius 2 is 0.818 bits per heavy atom. The van der Waals surface area contributed by atoms with Crippen LogP contribution in [-0.2, 0) is 4.12 Å². The molecular weight excluding hydrogens is 222 g/mol. The topological polar surface area (TPSA) is 131 Å². The number of hydrogen-bond acceptors (Lipinski definition) is 7. The van der Waals surface area contributed by atoms with E-state index in [1.54, 1.807) is 0 Å². The molecule has 0 bridgehead atoms. The maximum atomic E-state index is 7.94. The number of hydrogen-bond donors (Lipinski definition) is 6. The first kappa shape index (κ1) is 18.1. The summed E-state index contributed by atoms with van der Waals surface area (Å²) in [5, 5.41) is 0. The lowest BCUT2D eigenvalue weighted by molar-refractivity contribution is 0.0406. The predicted molar refractivity (Wildman–Crippen MR) is 37.4 cm³/mol. The van der Waals surface area contributed by atoms with Crippen molar-refractivity contribution in [3.05, 3.63) is 0 Å². The normalized spacial score (nSPS) is 11.5. The predicted octanol–water partition coefficient (Wildman–Crippen LogP) is -4.93. The highest BCUT2D eigenvalue weighted by Gasteiger charge is 2.45. The zero-order valence-corrected chi connectivity index (χ0v) is 9.56. The van der Waals surface area contributed by atoms with E-state index in [0.717, 1.165) is 0 Å². The summed E-state index contributed by atoms with van der Waals surface area (Å²) in [6, 6.07) is 0. The molecule has 0 spiro atoms. The van der Waals surface area contributed by atoms with Gasteiger partial charge in [0.1, 0.15) is 0 Å². The Hall–Kier alpha value is 1.22. The molecule has 0 amide bonds. The first-order chi connectivity index (χ1) is 3.71. The van der Waals surface area contributed by atoms with Crippen LogP contribution in [0.2, 0.25) is 0 Å². The van der Waals surface area contributed by atoms with Crippen molar-refractivity contribution in [3.8, 4) is 0 Å². The minimum absolute atomic E-state index is 0. The molecule has 0 atom stereocenters. The average Bonchev–Trinajstić information content (AvgIpc) is 1.14. The van der Waals surface area contributed by atoms with Gasteiger partial charge in [-0.15, -0.1) is 0 Å². The van der Waals surface area contributed by atoms with E-state index in [1.165, 1.54) is 0 Å². The van der Waals surface area contributed by atoms with Crippen molar-refractivity contribution < 1.29 is 32.9 Å². The van der Waals surface area contributed by atoms with Gasteiger partial charge in [-0.1, -0.05) is 0 Å². The van der Waals surface area contributed by atoms with Crippen molar-refractivity contribution >= 4 is 52.8 Å². The first-order valence-electron chi connectivity index (χ1n) is 1.75. The SMILES string of the molecule is O[Si](O)(O)O[Si](O)(O)O.[Al].[Al]. The molecule has 0 aromatic heterocycles. The largest absolute Gasteiger partial charge is 0.665 e. The molecule has 0 saturated heterocycles. The average molecular weight is 228 g/mol. The summed E-state index contributed by atoms with van der Waals surface area (Å²) in [5.74, 6) is 0. The van der Waals surface area contributed by atoms with Gasteiger partial charge in [0.05, 0.1) is 0 Å². The highest BCUT2D eigenvalue weighted by atomic mass is 28.5. The molecule has 0 aliphatic carbocycles. The van der Waals surface area contributed by atoms with Crippen LogP contribution in [0.15, 0.2) is 0 Å². The molecule has 6 N–H and O–H groups in total. The fourth-order valence-electron chi connectivity index (χ4n) is 0.184. The highest BCUT2D eigenvalue weighted by molar-refractivity contribution is 6.63. The molecule has 0 fully saturated rings. The molecule has 11 heteroatoms. The molecule has 0 aromatic carbocycles. The molecule has 0 heterocycles. The van der Waals surface area contributed by atoms with Crippen LogP contribution in [0.5, 0.6) is 0 Å². The number of rotatable bonds is 2. The molecule has 0 aliphatic heterocycles. The quantitative estimate of drug-likeness (QED) is 0.261. The van der Waals surface area contributed by atoms with Gasteiger partial charge in [-0.3, -0.25) is 0 Å². The Kier molecular flexibility index (Phi) is 9.53. The van der Waals surface area contributed by atoms with Crippen LogP contribution in [0, 0.1) is 0 Å². The van der Waals surface area contributed by atoms with Crippen LogP contribution in [0.1, 0.15) is 0 Å². The van der Waals surface area contributed by atoms with Crippen molar-refractivity contribution in [2.24, 2.45) is 0 Å². The lowest BCUT2D eigenvalue weighted by Gasteiger charge is -2.13. The fourth-order valence-corrected chi connectivity index (χ4v) is 1.65. The molecule has 11 heavy (non-hydrogen) atoms. The summed E-state index contributed by atoms with van der Waals surface area (Å²) < 4.78 is 3.24. The van der Waals surface area contributed by atoms with Gasteiger partial charge in [0, 0.05) is 34.7 Å². The van der Waals surface area contributed by atoms with Gasteiger partial charge in [0.2, 0.25) is 0 Å². The molecule has 62 valence electrons. The zero-order valence-electron chi connectivity index (χ0n) is 5.25. The van der Waals surface area contributed by atoms with Crippen molar-refractivity contribution in [1.29, 1.82) is 0 Å². The van der Waals surface area contributed by atoms with Crippen LogP contribution in [0.3, 0.4) is 0 Å². The summed E-state index contributed by atoms with van der Waals surface area (Å²) in [6.45, 7) is 0. The van der Waals surface area contributed by atoms with E-state index in [0.29, 0.717) is 0 Å². The summed E-state index contributed by atoms with van der Waals surface area (Å²) in [7, 11) is -9.96. The van der Waals surface area contributed by atoms with Crippen LogP contribution < -0.4 is 0 Å². The van der Waals surface area contributed by atoms with Crippen molar-refractivity contribution in [1.82, 2.24) is 0 Å². The second-order valence-electron chi connectivity index (χ2n) is 1.25. The van der Waals surface area contributed by atoms with E-state index in [2.05, 4.69) is 4.12 Å². The Balaban J connectivity index is -0.000000320. The summed E-state index contributed by atoms with van der Waals surface area (Å²) >= 11 is 0. The van der Waals surface area contributed by atoms with E-state index in [-0.39, 0.29) is 34.7 Å². The Morgan fingerprint density at radius 1 is 0.636 bits per heavy atom. The second-order valence-corrected chi connectivity index (χ2v) is 4.36. The second kappa shape index (κ2) is 5.79. The van der Waals surface area contributed by atoms with Gasteiger partial charge in [-0.2, -0.15) is 0 Å². The monoisotopic (exact) mass is 228 g/mol. The fraction of sp³-hybridized carbons (Fsp3) is 0. The summed E-state index contributed by atoms with van der Waals surface area (Å²) in [5.41, 5.74) is 0. The Labute approximate surface area is 85.7 Å². The van der Waals surface area contributed by atoms with Gasteiger partial charge in [-0.25, -0.2) is 0 Å². The summed E-state index contributed by atoms with van der Waals surface area (Å²) in [6.07, 6.45) is 0. The van der Waals surface area contributed by atoms with Crippen molar-refractivity contribution in [2.75, 3.05) is 0 Å². The molecule has 0 saturated carbocycles. The van der Waals surface area contributed by atoms with Crippen molar-refractivity contribution in [3.63, 3.8) is 0 Å². The third-order valence-corrected chi connectivity index (χ3v) is 2.46. The molecule has 6 radical (unpaired) electrons. The zero-order chi connectivity index (χ0) is 7.71. The third kappa shape index (κ3) is 18.3. The molecular formula is H6Al2O7Si2. The van der Waals surface area contributed by atoms with E-state index >= 15 is 0 Å². The van der Waals surface area contributed by atoms with Gasteiger partial charge in [-0.05, 0) is 0 Å². The van der Waals surface area contributed by atoms with E-state index in [9.17, 15) is 0 Å². The van der Waals surface area contributed by atoms with Crippen LogP contribution in [0.25, 0.3) is 0 Å². The van der Waals surface area contributed by atoms with Crippen LogP contribution >= 0.6 is 0 Å². The van der Waals surface area contributed by atoms with Crippen LogP contribution in [0.4, 0.5) is 0 Å². The standard InChI is InChI=1S/2Al.H6O7Si2/c;;1-8(2,3)7-9(4,5)6/h;;1-6H. The minimum Gasteiger partial charge on any atom is -0.368 e. The maximum absolute atomic E-state index is 7.94. The lowest BCUT2D eigenvalue weighted by atomic mass is 15.6. The van der Waals surface area contributed by atoms with Gasteiger partial charge < -0.3 is 32.9 Å².